The molecule has 0 fully saturated rings. The molecule has 0 bridgehead atoms. The predicted octanol–water partition coefficient (Wildman–Crippen LogP) is 22.3. The number of ether oxygens (including phenoxy) is 3. The molecule has 0 rings (SSSR count). The van der Waals surface area contributed by atoms with Crippen LogP contribution in [0.2, 0.25) is 0 Å². The molecular weight excluding hydrogens is 925 g/mol. The monoisotopic (exact) mass is 1050 g/mol. The van der Waals surface area contributed by atoms with Crippen LogP contribution in [-0.4, -0.2) is 37.2 Å². The Morgan fingerprint density at radius 2 is 0.493 bits per heavy atom. The maximum Gasteiger partial charge on any atom is 0.306 e. The number of hydrogen-bond acceptors (Lipinski definition) is 6. The van der Waals surface area contributed by atoms with E-state index in [4.69, 9.17) is 14.2 Å². The van der Waals surface area contributed by atoms with E-state index < -0.39 is 6.10 Å². The van der Waals surface area contributed by atoms with Gasteiger partial charge in [-0.2, -0.15) is 0 Å². The van der Waals surface area contributed by atoms with Gasteiger partial charge in [-0.15, -0.1) is 0 Å². The van der Waals surface area contributed by atoms with Crippen molar-refractivity contribution in [1.82, 2.24) is 0 Å². The summed E-state index contributed by atoms with van der Waals surface area (Å²) in [7, 11) is 0. The van der Waals surface area contributed by atoms with Gasteiger partial charge in [-0.25, -0.2) is 0 Å². The average Bonchev–Trinajstić information content (AvgIpc) is 3.41. The molecule has 1 atom stereocenters. The molecule has 0 aromatic heterocycles. The molecule has 6 heteroatoms. The first-order chi connectivity index (χ1) is 37.0. The van der Waals surface area contributed by atoms with Gasteiger partial charge in [0.2, 0.25) is 0 Å². The molecule has 0 saturated carbocycles. The molecule has 0 radical (unpaired) electrons. The van der Waals surface area contributed by atoms with E-state index in [1.807, 2.05) is 0 Å². The summed E-state index contributed by atoms with van der Waals surface area (Å²) < 4.78 is 16.9. The molecule has 0 spiro atoms. The number of allylic oxidation sites excluding steroid dienone is 10. The molecule has 0 aromatic carbocycles. The highest BCUT2D eigenvalue weighted by Crippen LogP contribution is 2.17. The van der Waals surface area contributed by atoms with Crippen molar-refractivity contribution in [1.29, 1.82) is 0 Å². The second-order valence-corrected chi connectivity index (χ2v) is 22.0. The molecule has 0 amide bonds. The zero-order valence-corrected chi connectivity index (χ0v) is 50.1. The SMILES string of the molecule is CCCC/C=C\C/C=C\CCCCCCCC(=O)OCC(COC(=O)CCCCCCCCCCCCCCCCC/C=C\C/C=C\CCCCCCC)OC(=O)CCCCCCC/C=C\CCCCCCCCC. The van der Waals surface area contributed by atoms with Gasteiger partial charge >= 0.3 is 17.9 Å². The Balaban J connectivity index is 4.25. The van der Waals surface area contributed by atoms with Crippen molar-refractivity contribution in [3.63, 3.8) is 0 Å². The third-order valence-electron chi connectivity index (χ3n) is 14.5. The van der Waals surface area contributed by atoms with Crippen molar-refractivity contribution < 1.29 is 28.6 Å². The summed E-state index contributed by atoms with van der Waals surface area (Å²) in [5.74, 6) is -0.886. The molecule has 0 aliphatic rings. The molecule has 6 nitrogen and oxygen atoms in total. The summed E-state index contributed by atoms with van der Waals surface area (Å²) in [6.45, 7) is 6.61. The van der Waals surface area contributed by atoms with Crippen LogP contribution >= 0.6 is 0 Å². The summed E-state index contributed by atoms with van der Waals surface area (Å²) in [4.78, 5) is 38.3. The standard InChI is InChI=1S/C69H124O6/c1-4-7-10-13-16-19-22-25-28-30-31-32-33-34-35-36-37-38-39-40-42-44-47-50-53-56-59-62-68(71)74-65-66(64-73-67(70)61-58-55-52-49-46-43-27-24-21-18-15-12-9-6-3)75-69(72)63-60-57-54-51-48-45-41-29-26-23-20-17-14-11-8-5-2/h15,18,22,24-25,27,29-31,41,66H,4-14,16-17,19-21,23,26,28,32-40,42-65H2,1-3H3/b18-15-,25-22-,27-24-,31-30-,41-29-. The lowest BCUT2D eigenvalue weighted by molar-refractivity contribution is -0.167. The Morgan fingerprint density at radius 3 is 0.787 bits per heavy atom. The van der Waals surface area contributed by atoms with Crippen LogP contribution < -0.4 is 0 Å². The van der Waals surface area contributed by atoms with Gasteiger partial charge in [0.25, 0.3) is 0 Å². The van der Waals surface area contributed by atoms with E-state index in [1.165, 1.54) is 205 Å². The maximum atomic E-state index is 12.9. The van der Waals surface area contributed by atoms with Gasteiger partial charge in [0, 0.05) is 19.3 Å². The normalized spacial score (nSPS) is 12.4. The third-order valence-corrected chi connectivity index (χ3v) is 14.5. The van der Waals surface area contributed by atoms with Crippen molar-refractivity contribution in [3.05, 3.63) is 60.8 Å². The smallest absolute Gasteiger partial charge is 0.306 e. The van der Waals surface area contributed by atoms with Crippen LogP contribution in [0, 0.1) is 0 Å². The van der Waals surface area contributed by atoms with Gasteiger partial charge in [0.05, 0.1) is 0 Å². The fraction of sp³-hybridized carbons (Fsp3) is 0.812. The summed E-state index contributed by atoms with van der Waals surface area (Å²) in [5, 5.41) is 0. The maximum absolute atomic E-state index is 12.9. The van der Waals surface area contributed by atoms with Crippen LogP contribution in [0.4, 0.5) is 0 Å². The lowest BCUT2D eigenvalue weighted by Crippen LogP contribution is -2.30. The summed E-state index contributed by atoms with van der Waals surface area (Å²) in [5.41, 5.74) is 0. The highest BCUT2D eigenvalue weighted by atomic mass is 16.6. The van der Waals surface area contributed by atoms with Crippen LogP contribution in [-0.2, 0) is 28.6 Å². The number of unbranched alkanes of at least 4 members (excludes halogenated alkanes) is 39. The third kappa shape index (κ3) is 61.8. The van der Waals surface area contributed by atoms with Crippen LogP contribution in [0.25, 0.3) is 0 Å². The number of hydrogen-bond donors (Lipinski definition) is 0. The molecule has 0 aliphatic heterocycles. The largest absolute Gasteiger partial charge is 0.462 e. The van der Waals surface area contributed by atoms with Crippen LogP contribution in [0.3, 0.4) is 0 Å². The minimum atomic E-state index is -0.784. The minimum Gasteiger partial charge on any atom is -0.462 e. The number of rotatable bonds is 60. The molecule has 0 heterocycles. The number of carbonyl (C=O) groups excluding carboxylic acids is 3. The van der Waals surface area contributed by atoms with E-state index in [0.29, 0.717) is 19.3 Å². The van der Waals surface area contributed by atoms with Crippen LogP contribution in [0.1, 0.15) is 342 Å². The first kappa shape index (κ1) is 72.1. The summed E-state index contributed by atoms with van der Waals surface area (Å²) in [6.07, 6.45) is 80.9. The zero-order valence-electron chi connectivity index (χ0n) is 50.1. The van der Waals surface area contributed by atoms with Crippen molar-refractivity contribution in [2.75, 3.05) is 13.2 Å². The number of esters is 3. The molecular formula is C69H124O6. The molecule has 436 valence electrons. The van der Waals surface area contributed by atoms with Gasteiger partial charge < -0.3 is 14.2 Å². The van der Waals surface area contributed by atoms with Gasteiger partial charge in [-0.05, 0) is 103 Å². The van der Waals surface area contributed by atoms with E-state index in [1.54, 1.807) is 0 Å². The molecule has 0 saturated heterocycles. The van der Waals surface area contributed by atoms with Crippen LogP contribution in [0.15, 0.2) is 60.8 Å². The van der Waals surface area contributed by atoms with E-state index in [0.717, 1.165) is 96.3 Å². The lowest BCUT2D eigenvalue weighted by atomic mass is 10.0. The number of carbonyl (C=O) groups is 3. The lowest BCUT2D eigenvalue weighted by Gasteiger charge is -2.18. The fourth-order valence-electron chi connectivity index (χ4n) is 9.49. The second kappa shape index (κ2) is 63.6. The fourth-order valence-corrected chi connectivity index (χ4v) is 9.49. The highest BCUT2D eigenvalue weighted by Gasteiger charge is 2.19. The van der Waals surface area contributed by atoms with Gasteiger partial charge in [0.15, 0.2) is 6.10 Å². The Bertz CT molecular complexity index is 1340. The molecule has 0 aromatic rings. The predicted molar refractivity (Wildman–Crippen MR) is 325 cm³/mol. The quantitative estimate of drug-likeness (QED) is 0.0261. The molecule has 0 aliphatic carbocycles. The summed E-state index contributed by atoms with van der Waals surface area (Å²) in [6, 6.07) is 0. The Labute approximate surface area is 466 Å². The van der Waals surface area contributed by atoms with Gasteiger partial charge in [-0.1, -0.05) is 281 Å². The first-order valence-corrected chi connectivity index (χ1v) is 32.8. The summed E-state index contributed by atoms with van der Waals surface area (Å²) >= 11 is 0. The van der Waals surface area contributed by atoms with E-state index in [9.17, 15) is 14.4 Å². The molecule has 75 heavy (non-hydrogen) atoms. The Hall–Kier alpha value is -2.89. The van der Waals surface area contributed by atoms with Crippen molar-refractivity contribution in [3.8, 4) is 0 Å². The Morgan fingerprint density at radius 1 is 0.267 bits per heavy atom. The Kier molecular flexibility index (Phi) is 61.2. The average molecular weight is 1050 g/mol. The molecule has 0 N–H and O–H groups in total. The van der Waals surface area contributed by atoms with Crippen molar-refractivity contribution in [2.45, 2.75) is 348 Å². The van der Waals surface area contributed by atoms with Crippen molar-refractivity contribution in [2.24, 2.45) is 0 Å². The van der Waals surface area contributed by atoms with Gasteiger partial charge in [-0.3, -0.25) is 14.4 Å². The topological polar surface area (TPSA) is 78.9 Å². The highest BCUT2D eigenvalue weighted by molar-refractivity contribution is 5.71. The first-order valence-electron chi connectivity index (χ1n) is 32.8. The van der Waals surface area contributed by atoms with E-state index in [-0.39, 0.29) is 31.1 Å². The molecule has 1 unspecified atom stereocenters. The van der Waals surface area contributed by atoms with E-state index >= 15 is 0 Å². The zero-order chi connectivity index (χ0) is 54.3. The minimum absolute atomic E-state index is 0.0798. The van der Waals surface area contributed by atoms with Crippen LogP contribution in [0.5, 0.6) is 0 Å². The van der Waals surface area contributed by atoms with Crippen molar-refractivity contribution >= 4 is 17.9 Å². The van der Waals surface area contributed by atoms with Gasteiger partial charge in [0.1, 0.15) is 13.2 Å². The van der Waals surface area contributed by atoms with E-state index in [2.05, 4.69) is 81.5 Å². The second-order valence-electron chi connectivity index (χ2n) is 22.0.